The molecule has 1 aromatic heterocycles. The maximum absolute atomic E-state index is 14.7. The fourth-order valence-electron chi connectivity index (χ4n) is 8.99. The zero-order chi connectivity index (χ0) is 37.7. The lowest BCUT2D eigenvalue weighted by Crippen LogP contribution is -2.58. The van der Waals surface area contributed by atoms with Gasteiger partial charge < -0.3 is 24.9 Å². The standard InChI is InChI=1S/C39H48F3N4O5PS/c1-44(17-14-34(40)41)22-24-8-11-30(43-36(47)33-20-27-19-26(9-13-32(27)53-33)35(42)52(2,50)51)37(48)46-29(18-24)10-12-31(46)38(49)45-23-28(21-39(45)15-16-39)25-6-4-3-5-7-25/h3-7,9,13,19-20,24,28-31,34-35H,8,10-12,14-18,21-23H2,1-2H3,(H,43,47)(H,50,51)/t24-,28+,29+,30?,31-,35+/m0/s1. The first-order valence-electron chi connectivity index (χ1n) is 18.7. The molecule has 0 radical (unpaired) electrons. The van der Waals surface area contributed by atoms with E-state index >= 15 is 0 Å². The summed E-state index contributed by atoms with van der Waals surface area (Å²) in [5.41, 5.74) is 1.08. The fourth-order valence-corrected chi connectivity index (χ4v) is 10.7. The molecule has 7 atom stereocenters. The summed E-state index contributed by atoms with van der Waals surface area (Å²) in [6.45, 7) is 2.37. The lowest BCUT2D eigenvalue weighted by atomic mass is 9.89. The Balaban J connectivity index is 1.13. The van der Waals surface area contributed by atoms with Crippen molar-refractivity contribution < 1.29 is 37.0 Å². The van der Waals surface area contributed by atoms with Crippen molar-refractivity contribution in [2.24, 2.45) is 5.92 Å². The van der Waals surface area contributed by atoms with Gasteiger partial charge in [-0.1, -0.05) is 36.4 Å². The second-order valence-corrected chi connectivity index (χ2v) is 19.2. The van der Waals surface area contributed by atoms with E-state index in [1.165, 1.54) is 29.0 Å². The minimum Gasteiger partial charge on any atom is -0.342 e. The summed E-state index contributed by atoms with van der Waals surface area (Å²) >= 11 is 1.18. The van der Waals surface area contributed by atoms with Crippen LogP contribution < -0.4 is 5.32 Å². The van der Waals surface area contributed by atoms with Gasteiger partial charge in [0.25, 0.3) is 5.91 Å². The summed E-state index contributed by atoms with van der Waals surface area (Å²) in [6, 6.07) is 14.6. The summed E-state index contributed by atoms with van der Waals surface area (Å²) < 4.78 is 53.4. The van der Waals surface area contributed by atoms with E-state index in [2.05, 4.69) is 17.4 Å². The van der Waals surface area contributed by atoms with Crippen molar-refractivity contribution in [2.75, 3.05) is 33.3 Å². The molecule has 286 valence electrons. The normalized spacial score (nSPS) is 27.2. The molecule has 3 aromatic rings. The predicted molar refractivity (Wildman–Crippen MR) is 199 cm³/mol. The van der Waals surface area contributed by atoms with Crippen molar-refractivity contribution in [3.8, 4) is 0 Å². The van der Waals surface area contributed by atoms with Crippen LogP contribution >= 0.6 is 18.7 Å². The molecule has 1 spiro atoms. The van der Waals surface area contributed by atoms with Gasteiger partial charge in [0.05, 0.1) is 4.88 Å². The van der Waals surface area contributed by atoms with Crippen LogP contribution in [0.3, 0.4) is 0 Å². The molecule has 4 fully saturated rings. The zero-order valence-electron chi connectivity index (χ0n) is 30.1. The highest BCUT2D eigenvalue weighted by molar-refractivity contribution is 7.57. The number of fused-ring (bicyclic) bond motifs is 2. The van der Waals surface area contributed by atoms with Crippen LogP contribution in [0.15, 0.2) is 54.6 Å². The van der Waals surface area contributed by atoms with Gasteiger partial charge in [-0.15, -0.1) is 11.3 Å². The van der Waals surface area contributed by atoms with E-state index in [9.17, 15) is 37.0 Å². The zero-order valence-corrected chi connectivity index (χ0v) is 31.8. The number of nitrogens with zero attached hydrogens (tertiary/aromatic N) is 3. The summed E-state index contributed by atoms with van der Waals surface area (Å²) in [5.74, 6) is -2.54. The Bertz CT molecular complexity index is 1890. The fraction of sp³-hybridized carbons (Fsp3) is 0.564. The molecule has 2 N–H and O–H groups in total. The van der Waals surface area contributed by atoms with E-state index in [0.717, 1.165) is 25.9 Å². The van der Waals surface area contributed by atoms with Gasteiger partial charge >= 0.3 is 0 Å². The largest absolute Gasteiger partial charge is 0.342 e. The number of nitrogens with one attached hydrogen (secondary N) is 1. The maximum Gasteiger partial charge on any atom is 0.262 e. The van der Waals surface area contributed by atoms with Gasteiger partial charge in [0.1, 0.15) is 12.1 Å². The number of thiophene rings is 1. The van der Waals surface area contributed by atoms with Crippen molar-refractivity contribution in [1.29, 1.82) is 0 Å². The lowest BCUT2D eigenvalue weighted by molar-refractivity contribution is -0.148. The van der Waals surface area contributed by atoms with E-state index in [4.69, 9.17) is 0 Å². The number of carbonyl (C=O) groups is 3. The summed E-state index contributed by atoms with van der Waals surface area (Å²) in [4.78, 5) is 58.7. The van der Waals surface area contributed by atoms with Crippen LogP contribution in [-0.4, -0.2) is 101 Å². The van der Waals surface area contributed by atoms with Gasteiger partial charge in [-0.3, -0.25) is 18.9 Å². The highest BCUT2D eigenvalue weighted by atomic mass is 32.1. The van der Waals surface area contributed by atoms with Gasteiger partial charge in [0.15, 0.2) is 0 Å². The van der Waals surface area contributed by atoms with Crippen LogP contribution in [0.25, 0.3) is 10.1 Å². The topological polar surface area (TPSA) is 110 Å². The number of hydrogen-bond acceptors (Lipinski definition) is 6. The van der Waals surface area contributed by atoms with E-state index in [1.54, 1.807) is 17.0 Å². The molecule has 4 heterocycles. The highest BCUT2D eigenvalue weighted by Gasteiger charge is 2.58. The SMILES string of the molecule is CN(CCC(F)F)C[C@H]1CCC(NC(=O)c2cc3cc([C@H](F)P(C)(=O)O)ccc3s2)C(=O)N2[C@H](CC[C@H]2C(=O)N2C[C@H](c3ccccc3)CC23CC3)C1. The molecule has 2 unspecified atom stereocenters. The number of likely N-dealkylation sites (tertiary alicyclic amines) is 1. The molecule has 4 aliphatic rings. The average Bonchev–Trinajstić information content (AvgIpc) is 3.42. The Morgan fingerprint density at radius 1 is 1.08 bits per heavy atom. The van der Waals surface area contributed by atoms with Crippen LogP contribution in [0.1, 0.15) is 90.4 Å². The summed E-state index contributed by atoms with van der Waals surface area (Å²) in [7, 11) is -2.20. The quantitative estimate of drug-likeness (QED) is 0.200. The smallest absolute Gasteiger partial charge is 0.262 e. The molecule has 9 nitrogen and oxygen atoms in total. The number of carbonyl (C=O) groups excluding carboxylic acids is 3. The van der Waals surface area contributed by atoms with Crippen LogP contribution in [0, 0.1) is 5.92 Å². The number of halogens is 3. The second-order valence-electron chi connectivity index (χ2n) is 15.8. The van der Waals surface area contributed by atoms with Crippen molar-refractivity contribution in [1.82, 2.24) is 20.0 Å². The van der Waals surface area contributed by atoms with Crippen molar-refractivity contribution in [2.45, 2.75) is 99.7 Å². The van der Waals surface area contributed by atoms with Gasteiger partial charge in [-0.05, 0) is 99.0 Å². The molecule has 3 amide bonds. The highest BCUT2D eigenvalue weighted by Crippen LogP contribution is 2.55. The van der Waals surface area contributed by atoms with Crippen LogP contribution in [0.4, 0.5) is 13.2 Å². The van der Waals surface area contributed by atoms with Crippen molar-refractivity contribution in [3.05, 3.63) is 70.6 Å². The second kappa shape index (κ2) is 15.1. The number of hydrogen-bond donors (Lipinski definition) is 2. The predicted octanol–water partition coefficient (Wildman–Crippen LogP) is 7.16. The lowest BCUT2D eigenvalue weighted by Gasteiger charge is -2.39. The van der Waals surface area contributed by atoms with Gasteiger partial charge in [-0.2, -0.15) is 0 Å². The monoisotopic (exact) mass is 772 g/mol. The van der Waals surface area contributed by atoms with E-state index < -0.39 is 37.7 Å². The third-order valence-electron chi connectivity index (χ3n) is 11.8. The first-order valence-corrected chi connectivity index (χ1v) is 21.7. The Morgan fingerprint density at radius 2 is 1.83 bits per heavy atom. The molecule has 1 aliphatic carbocycles. The number of amides is 3. The Labute approximate surface area is 312 Å². The van der Waals surface area contributed by atoms with Gasteiger partial charge in [0, 0.05) is 54.9 Å². The van der Waals surface area contributed by atoms with E-state index in [0.29, 0.717) is 60.2 Å². The molecule has 7 rings (SSSR count). The molecule has 2 aromatic carbocycles. The van der Waals surface area contributed by atoms with Crippen molar-refractivity contribution in [3.63, 3.8) is 0 Å². The van der Waals surface area contributed by atoms with Crippen LogP contribution in [-0.2, 0) is 14.2 Å². The third-order valence-corrected chi connectivity index (χ3v) is 14.1. The first kappa shape index (κ1) is 38.0. The molecule has 1 saturated carbocycles. The molecule has 3 aliphatic heterocycles. The van der Waals surface area contributed by atoms with Crippen molar-refractivity contribution >= 4 is 46.5 Å². The first-order chi connectivity index (χ1) is 25.2. The van der Waals surface area contributed by atoms with Crippen LogP contribution in [0.5, 0.6) is 0 Å². The van der Waals surface area contributed by atoms with Crippen LogP contribution in [0.2, 0.25) is 0 Å². The maximum atomic E-state index is 14.7. The Kier molecular flexibility index (Phi) is 10.9. The number of benzene rings is 2. The minimum atomic E-state index is -4.03. The third kappa shape index (κ3) is 8.09. The summed E-state index contributed by atoms with van der Waals surface area (Å²) in [5, 5.41) is 3.52. The minimum absolute atomic E-state index is 0.0287. The van der Waals surface area contributed by atoms with Gasteiger partial charge in [-0.25, -0.2) is 13.2 Å². The average molecular weight is 773 g/mol. The Morgan fingerprint density at radius 3 is 2.53 bits per heavy atom. The van der Waals surface area contributed by atoms with E-state index in [-0.39, 0.29) is 53.8 Å². The summed E-state index contributed by atoms with van der Waals surface area (Å²) in [6.07, 6.45) is 2.91. The number of alkyl halides is 3. The molecular weight excluding hydrogens is 724 g/mol. The Hall–Kier alpha value is -3.25. The number of rotatable bonds is 11. The molecular formula is C39H48F3N4O5PS. The molecule has 3 saturated heterocycles. The van der Waals surface area contributed by atoms with E-state index in [1.807, 2.05) is 35.0 Å². The molecule has 0 bridgehead atoms. The van der Waals surface area contributed by atoms with Gasteiger partial charge in [0.2, 0.25) is 31.5 Å². The molecule has 53 heavy (non-hydrogen) atoms. The molecule has 14 heteroatoms.